The molecule has 1 aromatic heterocycles. The zero-order valence-electron chi connectivity index (χ0n) is 16.7. The molecule has 4 rings (SSSR count). The Labute approximate surface area is 179 Å². The monoisotopic (exact) mass is 421 g/mol. The first-order chi connectivity index (χ1) is 14.6. The molecule has 1 amide bonds. The van der Waals surface area contributed by atoms with Crippen LogP contribution in [0.15, 0.2) is 60.2 Å². The van der Waals surface area contributed by atoms with Gasteiger partial charge in [-0.3, -0.25) is 4.79 Å². The van der Waals surface area contributed by atoms with E-state index in [4.69, 9.17) is 5.73 Å². The Bertz CT molecular complexity index is 1030. The number of rotatable bonds is 6. The fourth-order valence-corrected chi connectivity index (χ4v) is 4.64. The number of primary amides is 1. The van der Waals surface area contributed by atoms with Crippen molar-refractivity contribution < 1.29 is 9.18 Å². The fourth-order valence-electron chi connectivity index (χ4n) is 3.71. The molecule has 2 N–H and O–H groups in total. The number of piperidine rings is 1. The van der Waals surface area contributed by atoms with E-state index >= 15 is 0 Å². The van der Waals surface area contributed by atoms with E-state index in [1.54, 1.807) is 0 Å². The van der Waals surface area contributed by atoms with Gasteiger partial charge in [0.2, 0.25) is 0 Å². The van der Waals surface area contributed by atoms with Crippen molar-refractivity contribution in [1.29, 1.82) is 0 Å². The minimum atomic E-state index is -0.475. The second-order valence-corrected chi connectivity index (χ2v) is 8.55. The highest BCUT2D eigenvalue weighted by molar-refractivity contribution is 7.14. The van der Waals surface area contributed by atoms with Crippen molar-refractivity contribution >= 4 is 23.3 Å². The van der Waals surface area contributed by atoms with Crippen LogP contribution < -0.4 is 5.73 Å². The van der Waals surface area contributed by atoms with Crippen LogP contribution in [0, 0.1) is 5.82 Å². The van der Waals surface area contributed by atoms with E-state index in [-0.39, 0.29) is 5.82 Å². The van der Waals surface area contributed by atoms with Gasteiger partial charge in [-0.15, -0.1) is 11.3 Å². The quantitative estimate of drug-likeness (QED) is 0.624. The van der Waals surface area contributed by atoms with Gasteiger partial charge in [0, 0.05) is 30.1 Å². The third-order valence-electron chi connectivity index (χ3n) is 5.35. The number of carbonyl (C=O) groups is 1. The lowest BCUT2D eigenvalue weighted by Gasteiger charge is -2.28. The predicted molar refractivity (Wildman–Crippen MR) is 120 cm³/mol. The molecule has 1 aliphatic rings. The molecule has 1 aliphatic heterocycles. The van der Waals surface area contributed by atoms with Gasteiger partial charge in [-0.25, -0.2) is 9.37 Å². The average molecular weight is 422 g/mol. The molecular weight excluding hydrogens is 397 g/mol. The zero-order chi connectivity index (χ0) is 20.9. The molecule has 0 radical (unpaired) electrons. The van der Waals surface area contributed by atoms with Crippen LogP contribution in [-0.2, 0) is 6.42 Å². The van der Waals surface area contributed by atoms with E-state index in [0.29, 0.717) is 5.01 Å². The number of thiazole rings is 1. The van der Waals surface area contributed by atoms with E-state index < -0.39 is 5.91 Å². The zero-order valence-corrected chi connectivity index (χ0v) is 17.5. The summed E-state index contributed by atoms with van der Waals surface area (Å²) in [6, 6.07) is 16.6. The third-order valence-corrected chi connectivity index (χ3v) is 6.48. The molecule has 1 fully saturated rings. The number of amides is 1. The average Bonchev–Trinajstić information content (AvgIpc) is 3.20. The van der Waals surface area contributed by atoms with Gasteiger partial charge >= 0.3 is 0 Å². The Balaban J connectivity index is 1.39. The van der Waals surface area contributed by atoms with Gasteiger partial charge in [0.15, 0.2) is 5.01 Å². The number of hydrogen-bond donors (Lipinski definition) is 1. The van der Waals surface area contributed by atoms with Crippen molar-refractivity contribution in [3.05, 3.63) is 81.4 Å². The topological polar surface area (TPSA) is 59.2 Å². The predicted octanol–water partition coefficient (Wildman–Crippen LogP) is 4.77. The number of hydrogen-bond acceptors (Lipinski definition) is 4. The number of nitrogens with two attached hydrogens (primary N) is 1. The first-order valence-corrected chi connectivity index (χ1v) is 10.9. The summed E-state index contributed by atoms with van der Waals surface area (Å²) in [5.41, 5.74) is 9.80. The van der Waals surface area contributed by atoms with E-state index in [1.165, 1.54) is 29.0 Å². The van der Waals surface area contributed by atoms with E-state index in [1.807, 2.05) is 42.5 Å². The summed E-state index contributed by atoms with van der Waals surface area (Å²) >= 11 is 1.40. The molecule has 0 atom stereocenters. The summed E-state index contributed by atoms with van der Waals surface area (Å²) < 4.78 is 13.1. The number of aromatic nitrogens is 1. The van der Waals surface area contributed by atoms with E-state index in [9.17, 15) is 9.18 Å². The molecule has 4 nitrogen and oxygen atoms in total. The fraction of sp³-hybridized carbons (Fsp3) is 0.250. The van der Waals surface area contributed by atoms with Crippen molar-refractivity contribution in [2.24, 2.45) is 5.73 Å². The highest BCUT2D eigenvalue weighted by atomic mass is 32.1. The largest absolute Gasteiger partial charge is 0.364 e. The van der Waals surface area contributed by atoms with E-state index in [0.717, 1.165) is 60.6 Å². The number of likely N-dealkylation sites (tertiary alicyclic amines) is 1. The maximum atomic E-state index is 13.1. The summed E-state index contributed by atoms with van der Waals surface area (Å²) in [5, 5.41) is 0.368. The molecular formula is C24H24FN3OS. The molecule has 0 unspecified atom stereocenters. The molecule has 6 heteroatoms. The lowest BCUT2D eigenvalue weighted by Crippen LogP contribution is -2.32. The maximum absolute atomic E-state index is 13.1. The molecule has 2 aromatic carbocycles. The molecule has 154 valence electrons. The minimum absolute atomic E-state index is 0.204. The Morgan fingerprint density at radius 2 is 1.80 bits per heavy atom. The van der Waals surface area contributed by atoms with Gasteiger partial charge in [-0.2, -0.15) is 0 Å². The number of halogens is 1. The molecule has 30 heavy (non-hydrogen) atoms. The number of benzene rings is 2. The summed E-state index contributed by atoms with van der Waals surface area (Å²) in [7, 11) is 0. The SMILES string of the molecule is NC(=O)c1nc(-c2ccccc2)c(CCN2CCC(=Cc3ccc(F)cc3)CC2)s1. The third kappa shape index (κ3) is 5.01. The standard InChI is InChI=1S/C24H24FN3OS/c25-20-8-6-17(7-9-20)16-18-10-13-28(14-11-18)15-12-21-22(19-4-2-1-3-5-19)27-24(30-21)23(26)29/h1-9,16H,10-15H2,(H2,26,29). The van der Waals surface area contributed by atoms with Crippen molar-refractivity contribution in [2.45, 2.75) is 19.3 Å². The number of carbonyl (C=O) groups excluding carboxylic acids is 1. The second-order valence-electron chi connectivity index (χ2n) is 7.47. The van der Waals surface area contributed by atoms with Crippen molar-refractivity contribution in [2.75, 3.05) is 19.6 Å². The Morgan fingerprint density at radius 1 is 1.10 bits per heavy atom. The first kappa shape index (κ1) is 20.4. The normalized spacial score (nSPS) is 14.6. The molecule has 0 aliphatic carbocycles. The lowest BCUT2D eigenvalue weighted by atomic mass is 10.0. The van der Waals surface area contributed by atoms with Gasteiger partial charge in [-0.05, 0) is 37.0 Å². The Kier molecular flexibility index (Phi) is 6.35. The van der Waals surface area contributed by atoms with Gasteiger partial charge < -0.3 is 10.6 Å². The lowest BCUT2D eigenvalue weighted by molar-refractivity contribution is 0.1000. The smallest absolute Gasteiger partial charge is 0.277 e. The Morgan fingerprint density at radius 3 is 2.47 bits per heavy atom. The van der Waals surface area contributed by atoms with Crippen LogP contribution in [-0.4, -0.2) is 35.4 Å². The summed E-state index contributed by atoms with van der Waals surface area (Å²) in [6.45, 7) is 2.91. The van der Waals surface area contributed by atoms with Crippen LogP contribution in [0.2, 0.25) is 0 Å². The highest BCUT2D eigenvalue weighted by Crippen LogP contribution is 2.29. The summed E-state index contributed by atoms with van der Waals surface area (Å²) in [5.74, 6) is -0.679. The molecule has 3 aromatic rings. The highest BCUT2D eigenvalue weighted by Gasteiger charge is 2.19. The Hall–Kier alpha value is -2.83. The van der Waals surface area contributed by atoms with Crippen LogP contribution >= 0.6 is 11.3 Å². The van der Waals surface area contributed by atoms with Crippen molar-refractivity contribution in [3.63, 3.8) is 0 Å². The van der Waals surface area contributed by atoms with Gasteiger partial charge in [0.1, 0.15) is 5.82 Å². The molecule has 2 heterocycles. The van der Waals surface area contributed by atoms with Gasteiger partial charge in [-0.1, -0.05) is 54.1 Å². The molecule has 0 spiro atoms. The van der Waals surface area contributed by atoms with Crippen LogP contribution in [0.1, 0.15) is 33.1 Å². The van der Waals surface area contributed by atoms with Gasteiger partial charge in [0.25, 0.3) is 5.91 Å². The van der Waals surface area contributed by atoms with E-state index in [2.05, 4.69) is 16.0 Å². The van der Waals surface area contributed by atoms with Crippen LogP contribution in [0.5, 0.6) is 0 Å². The second kappa shape index (κ2) is 9.32. The van der Waals surface area contributed by atoms with Crippen LogP contribution in [0.3, 0.4) is 0 Å². The number of nitrogens with zero attached hydrogens (tertiary/aromatic N) is 2. The van der Waals surface area contributed by atoms with Crippen molar-refractivity contribution in [3.8, 4) is 11.3 Å². The first-order valence-electron chi connectivity index (χ1n) is 10.1. The maximum Gasteiger partial charge on any atom is 0.277 e. The molecule has 0 bridgehead atoms. The molecule has 1 saturated heterocycles. The van der Waals surface area contributed by atoms with Crippen LogP contribution in [0.25, 0.3) is 17.3 Å². The summed E-state index contributed by atoms with van der Waals surface area (Å²) in [6.07, 6.45) is 5.04. The van der Waals surface area contributed by atoms with Crippen molar-refractivity contribution in [1.82, 2.24) is 9.88 Å². The van der Waals surface area contributed by atoms with Crippen LogP contribution in [0.4, 0.5) is 4.39 Å². The summed E-state index contributed by atoms with van der Waals surface area (Å²) in [4.78, 5) is 19.7. The molecule has 0 saturated carbocycles. The minimum Gasteiger partial charge on any atom is -0.364 e. The van der Waals surface area contributed by atoms with Gasteiger partial charge in [0.05, 0.1) is 5.69 Å².